The fraction of sp³-hybridized carbons (Fsp3) is 0.538. The van der Waals surface area contributed by atoms with E-state index in [1.807, 2.05) is 4.90 Å². The summed E-state index contributed by atoms with van der Waals surface area (Å²) in [5.74, 6) is 0.397. The van der Waals surface area contributed by atoms with E-state index in [1.54, 1.807) is 12.1 Å². The summed E-state index contributed by atoms with van der Waals surface area (Å²) in [5.41, 5.74) is 6.23. The maximum Gasteiger partial charge on any atom is 0.272 e. The number of nitrogens with two attached hydrogens (primary N) is 1. The highest BCUT2D eigenvalue weighted by Crippen LogP contribution is 2.24. The second kappa shape index (κ2) is 8.67. The Morgan fingerprint density at radius 1 is 1.50 bits per heavy atom. The number of halogens is 3. The number of hydrogen-bond acceptors (Lipinski definition) is 3. The minimum absolute atomic E-state index is 0. The average Bonchev–Trinajstić information content (AvgIpc) is 2.38. The Morgan fingerprint density at radius 2 is 2.20 bits per heavy atom. The molecular weight excluding hydrogens is 321 g/mol. The molecule has 2 heterocycles. The normalized spacial score (nSPS) is 21.6. The predicted octanol–water partition coefficient (Wildman–Crippen LogP) is 2.78. The maximum absolute atomic E-state index is 12.4. The fourth-order valence-corrected chi connectivity index (χ4v) is 2.62. The van der Waals surface area contributed by atoms with Gasteiger partial charge in [0, 0.05) is 25.3 Å². The number of nitrogens with zero attached hydrogens (tertiary/aromatic N) is 2. The summed E-state index contributed by atoms with van der Waals surface area (Å²) in [7, 11) is 0. The van der Waals surface area contributed by atoms with E-state index in [0.29, 0.717) is 23.2 Å². The minimum atomic E-state index is -0.0475. The molecule has 1 aromatic heterocycles. The van der Waals surface area contributed by atoms with Crippen LogP contribution in [0.2, 0.25) is 5.02 Å². The van der Waals surface area contributed by atoms with Crippen molar-refractivity contribution >= 4 is 42.3 Å². The molecular formula is C13H20Cl3N3O. The molecule has 0 aromatic carbocycles. The van der Waals surface area contributed by atoms with Crippen LogP contribution in [0.5, 0.6) is 0 Å². The van der Waals surface area contributed by atoms with Crippen molar-refractivity contribution in [3.05, 3.63) is 29.0 Å². The number of likely N-dealkylation sites (tertiary alicyclic amines) is 1. The van der Waals surface area contributed by atoms with Crippen LogP contribution in [0.1, 0.15) is 30.3 Å². The Kier molecular flexibility index (Phi) is 8.44. The molecule has 1 fully saturated rings. The first-order valence-electron chi connectivity index (χ1n) is 6.26. The van der Waals surface area contributed by atoms with Gasteiger partial charge in [-0.3, -0.25) is 4.79 Å². The zero-order valence-electron chi connectivity index (χ0n) is 11.3. The topological polar surface area (TPSA) is 59.2 Å². The molecule has 0 spiro atoms. The third-order valence-corrected chi connectivity index (χ3v) is 3.79. The van der Waals surface area contributed by atoms with E-state index < -0.39 is 0 Å². The zero-order valence-corrected chi connectivity index (χ0v) is 13.7. The summed E-state index contributed by atoms with van der Waals surface area (Å²) in [4.78, 5) is 18.3. The lowest BCUT2D eigenvalue weighted by Crippen LogP contribution is -2.51. The molecule has 1 amide bonds. The molecule has 0 bridgehead atoms. The van der Waals surface area contributed by atoms with Gasteiger partial charge in [-0.15, -0.1) is 24.8 Å². The van der Waals surface area contributed by atoms with Crippen LogP contribution in [-0.4, -0.2) is 34.9 Å². The summed E-state index contributed by atoms with van der Waals surface area (Å²) in [6.07, 6.45) is 3.65. The molecule has 1 aliphatic heterocycles. The number of pyridine rings is 1. The molecule has 20 heavy (non-hydrogen) atoms. The molecule has 0 radical (unpaired) electrons. The largest absolute Gasteiger partial charge is 0.333 e. The van der Waals surface area contributed by atoms with E-state index in [9.17, 15) is 4.79 Å². The quantitative estimate of drug-likeness (QED) is 0.900. The molecule has 0 saturated carbocycles. The Morgan fingerprint density at radius 3 is 2.75 bits per heavy atom. The number of rotatable bonds is 2. The van der Waals surface area contributed by atoms with Crippen molar-refractivity contribution in [3.8, 4) is 0 Å². The highest BCUT2D eigenvalue weighted by molar-refractivity contribution is 6.30. The smallest absolute Gasteiger partial charge is 0.272 e. The first kappa shape index (κ1) is 19.4. The second-order valence-electron chi connectivity index (χ2n) is 4.78. The summed E-state index contributed by atoms with van der Waals surface area (Å²) in [5, 5.41) is 0.536. The van der Waals surface area contributed by atoms with E-state index in [4.69, 9.17) is 17.3 Å². The molecule has 4 nitrogen and oxygen atoms in total. The number of piperidine rings is 1. The second-order valence-corrected chi connectivity index (χ2v) is 5.22. The van der Waals surface area contributed by atoms with E-state index in [2.05, 4.69) is 11.9 Å². The lowest BCUT2D eigenvalue weighted by molar-refractivity contribution is 0.0526. The molecule has 2 atom stereocenters. The SMILES string of the molecule is CC1CCCN(C(=O)c2ccc(Cl)cn2)C1CN.Cl.Cl. The van der Waals surface area contributed by atoms with Crippen LogP contribution in [0, 0.1) is 5.92 Å². The van der Waals surface area contributed by atoms with Crippen LogP contribution < -0.4 is 5.73 Å². The maximum atomic E-state index is 12.4. The first-order valence-corrected chi connectivity index (χ1v) is 6.64. The van der Waals surface area contributed by atoms with E-state index in [-0.39, 0.29) is 36.8 Å². The van der Waals surface area contributed by atoms with Gasteiger partial charge in [0.15, 0.2) is 0 Å². The monoisotopic (exact) mass is 339 g/mol. The third-order valence-electron chi connectivity index (χ3n) is 3.56. The van der Waals surface area contributed by atoms with Crippen molar-refractivity contribution < 1.29 is 4.79 Å². The third kappa shape index (κ3) is 4.22. The van der Waals surface area contributed by atoms with Gasteiger partial charge in [-0.1, -0.05) is 18.5 Å². The molecule has 2 unspecified atom stereocenters. The van der Waals surface area contributed by atoms with Crippen molar-refractivity contribution in [1.29, 1.82) is 0 Å². The lowest BCUT2D eigenvalue weighted by Gasteiger charge is -2.39. The van der Waals surface area contributed by atoms with Gasteiger partial charge < -0.3 is 10.6 Å². The van der Waals surface area contributed by atoms with E-state index >= 15 is 0 Å². The van der Waals surface area contributed by atoms with Crippen LogP contribution >= 0.6 is 36.4 Å². The van der Waals surface area contributed by atoms with Gasteiger partial charge in [0.2, 0.25) is 0 Å². The van der Waals surface area contributed by atoms with Gasteiger partial charge >= 0.3 is 0 Å². The fourth-order valence-electron chi connectivity index (χ4n) is 2.51. The molecule has 1 saturated heterocycles. The van der Waals surface area contributed by atoms with Gasteiger partial charge in [-0.25, -0.2) is 4.98 Å². The van der Waals surface area contributed by atoms with Gasteiger partial charge in [-0.2, -0.15) is 0 Å². The summed E-state index contributed by atoms with van der Waals surface area (Å²) >= 11 is 5.77. The molecule has 0 aliphatic carbocycles. The van der Waals surface area contributed by atoms with Gasteiger partial charge in [-0.05, 0) is 30.9 Å². The Hall–Kier alpha value is -0.550. The first-order chi connectivity index (χ1) is 8.63. The van der Waals surface area contributed by atoms with Gasteiger partial charge in [0.05, 0.1) is 5.02 Å². The van der Waals surface area contributed by atoms with E-state index in [0.717, 1.165) is 19.4 Å². The number of aromatic nitrogens is 1. The molecule has 1 aliphatic rings. The molecule has 7 heteroatoms. The van der Waals surface area contributed by atoms with Crippen molar-refractivity contribution in [2.24, 2.45) is 11.7 Å². The van der Waals surface area contributed by atoms with Gasteiger partial charge in [0.1, 0.15) is 5.69 Å². The molecule has 2 N–H and O–H groups in total. The molecule has 114 valence electrons. The van der Waals surface area contributed by atoms with Crippen molar-refractivity contribution in [1.82, 2.24) is 9.88 Å². The van der Waals surface area contributed by atoms with Crippen LogP contribution in [0.25, 0.3) is 0 Å². The summed E-state index contributed by atoms with van der Waals surface area (Å²) in [6.45, 7) is 3.40. The van der Waals surface area contributed by atoms with Crippen molar-refractivity contribution in [3.63, 3.8) is 0 Å². The molecule has 2 rings (SSSR count). The van der Waals surface area contributed by atoms with E-state index in [1.165, 1.54) is 6.20 Å². The van der Waals surface area contributed by atoms with Crippen molar-refractivity contribution in [2.75, 3.05) is 13.1 Å². The summed E-state index contributed by atoms with van der Waals surface area (Å²) in [6, 6.07) is 3.47. The van der Waals surface area contributed by atoms with Crippen molar-refractivity contribution in [2.45, 2.75) is 25.8 Å². The highest BCUT2D eigenvalue weighted by Gasteiger charge is 2.31. The van der Waals surface area contributed by atoms with Crippen LogP contribution in [0.15, 0.2) is 18.3 Å². The van der Waals surface area contributed by atoms with Crippen LogP contribution in [0.4, 0.5) is 0 Å². The summed E-state index contributed by atoms with van der Waals surface area (Å²) < 4.78 is 0. The minimum Gasteiger partial charge on any atom is -0.333 e. The predicted molar refractivity (Wildman–Crippen MR) is 86.0 cm³/mol. The average molecular weight is 341 g/mol. The zero-order chi connectivity index (χ0) is 13.1. The Labute approximate surface area is 136 Å². The number of hydrogen-bond donors (Lipinski definition) is 1. The highest BCUT2D eigenvalue weighted by atomic mass is 35.5. The number of carbonyl (C=O) groups is 1. The molecule has 1 aromatic rings. The van der Waals surface area contributed by atoms with Crippen LogP contribution in [-0.2, 0) is 0 Å². The number of carbonyl (C=O) groups excluding carboxylic acids is 1. The van der Waals surface area contributed by atoms with Crippen LogP contribution in [0.3, 0.4) is 0 Å². The number of amides is 1. The van der Waals surface area contributed by atoms with Gasteiger partial charge in [0.25, 0.3) is 5.91 Å². The standard InChI is InChI=1S/C13H18ClN3O.2ClH/c1-9-3-2-6-17(12(9)7-15)13(18)11-5-4-10(14)8-16-11;;/h4-5,8-9,12H,2-3,6-7,15H2,1H3;2*1H. The Balaban J connectivity index is 0.00000180. The lowest BCUT2D eigenvalue weighted by atomic mass is 9.90. The Bertz CT molecular complexity index is 427.